The van der Waals surface area contributed by atoms with Gasteiger partial charge in [0.1, 0.15) is 0 Å². The van der Waals surface area contributed by atoms with Crippen molar-refractivity contribution < 1.29 is 4.92 Å². The summed E-state index contributed by atoms with van der Waals surface area (Å²) in [6, 6.07) is 13.7. The summed E-state index contributed by atoms with van der Waals surface area (Å²) in [4.78, 5) is 10.7. The Kier molecular flexibility index (Phi) is 4.54. The number of aromatic nitrogens is 4. The Morgan fingerprint density at radius 1 is 1.22 bits per heavy atom. The lowest BCUT2D eigenvalue weighted by molar-refractivity contribution is -0.385. The molecule has 116 valence electrons. The van der Waals surface area contributed by atoms with Crippen molar-refractivity contribution in [3.63, 3.8) is 0 Å². The molecule has 2 aromatic carbocycles. The van der Waals surface area contributed by atoms with Gasteiger partial charge in [-0.15, -0.1) is 5.10 Å². The number of halogens is 1. The van der Waals surface area contributed by atoms with Crippen LogP contribution in [0.5, 0.6) is 0 Å². The van der Waals surface area contributed by atoms with E-state index < -0.39 is 4.92 Å². The Balaban J connectivity index is 1.83. The highest BCUT2D eigenvalue weighted by Crippen LogP contribution is 2.27. The number of tetrazole rings is 1. The molecule has 0 radical (unpaired) electrons. The molecule has 9 heteroatoms. The van der Waals surface area contributed by atoms with Gasteiger partial charge in [0.25, 0.3) is 5.69 Å². The van der Waals surface area contributed by atoms with Gasteiger partial charge in [0, 0.05) is 22.4 Å². The van der Waals surface area contributed by atoms with E-state index in [1.54, 1.807) is 41.1 Å². The first-order chi connectivity index (χ1) is 11.1. The van der Waals surface area contributed by atoms with Crippen LogP contribution in [0.25, 0.3) is 5.69 Å². The number of thioether (sulfide) groups is 1. The fourth-order valence-corrected chi connectivity index (χ4v) is 3.06. The third-order valence-electron chi connectivity index (χ3n) is 3.04. The van der Waals surface area contributed by atoms with Gasteiger partial charge in [-0.1, -0.05) is 47.6 Å². The Bertz CT molecular complexity index is 854. The van der Waals surface area contributed by atoms with Gasteiger partial charge in [0.15, 0.2) is 0 Å². The van der Waals surface area contributed by atoms with Crippen molar-refractivity contribution >= 4 is 29.1 Å². The van der Waals surface area contributed by atoms with Gasteiger partial charge in [-0.3, -0.25) is 10.1 Å². The lowest BCUT2D eigenvalue weighted by Crippen LogP contribution is -1.99. The summed E-state index contributed by atoms with van der Waals surface area (Å²) in [5.74, 6) is 0.387. The molecule has 0 amide bonds. The number of hydrogen-bond acceptors (Lipinski definition) is 6. The molecular formula is C14H10ClN5O2S. The second-order valence-corrected chi connectivity index (χ2v) is 5.91. The quantitative estimate of drug-likeness (QED) is 0.398. The number of para-hydroxylation sites is 1. The zero-order chi connectivity index (χ0) is 16.2. The number of nitrogens with zero attached hydrogens (tertiary/aromatic N) is 5. The summed E-state index contributed by atoms with van der Waals surface area (Å²) in [5.41, 5.74) is 1.43. The highest BCUT2D eigenvalue weighted by Gasteiger charge is 2.15. The van der Waals surface area contributed by atoms with Crippen LogP contribution >= 0.6 is 23.4 Å². The molecule has 23 heavy (non-hydrogen) atoms. The molecule has 3 rings (SSSR count). The van der Waals surface area contributed by atoms with Crippen LogP contribution in [0.15, 0.2) is 53.7 Å². The smallest absolute Gasteiger partial charge is 0.258 e. The van der Waals surface area contributed by atoms with E-state index in [9.17, 15) is 10.1 Å². The van der Waals surface area contributed by atoms with Crippen LogP contribution in [0.4, 0.5) is 5.69 Å². The first-order valence-electron chi connectivity index (χ1n) is 6.54. The van der Waals surface area contributed by atoms with Gasteiger partial charge >= 0.3 is 0 Å². The van der Waals surface area contributed by atoms with E-state index in [1.807, 2.05) is 6.07 Å². The average Bonchev–Trinajstić information content (AvgIpc) is 3.01. The maximum Gasteiger partial charge on any atom is 0.273 e. The minimum Gasteiger partial charge on any atom is -0.258 e. The molecule has 0 fully saturated rings. The molecule has 3 aromatic rings. The van der Waals surface area contributed by atoms with Gasteiger partial charge in [-0.2, -0.15) is 4.68 Å². The van der Waals surface area contributed by atoms with Crippen molar-refractivity contribution in [2.45, 2.75) is 10.9 Å². The zero-order valence-electron chi connectivity index (χ0n) is 11.7. The maximum absolute atomic E-state index is 11.0. The van der Waals surface area contributed by atoms with Gasteiger partial charge < -0.3 is 0 Å². The normalized spacial score (nSPS) is 10.7. The van der Waals surface area contributed by atoms with Crippen molar-refractivity contribution in [2.24, 2.45) is 0 Å². The molecule has 0 saturated heterocycles. The number of hydrogen-bond donors (Lipinski definition) is 0. The molecule has 0 aliphatic rings. The average molecular weight is 348 g/mol. The van der Waals surface area contributed by atoms with Crippen molar-refractivity contribution in [2.75, 3.05) is 0 Å². The minimum absolute atomic E-state index is 0.0850. The van der Waals surface area contributed by atoms with Gasteiger partial charge in [0.2, 0.25) is 5.16 Å². The van der Waals surface area contributed by atoms with Crippen molar-refractivity contribution in [3.8, 4) is 5.69 Å². The van der Waals surface area contributed by atoms with Gasteiger partial charge in [0.05, 0.1) is 10.6 Å². The fourth-order valence-electron chi connectivity index (χ4n) is 1.99. The Labute approximate surface area is 140 Å². The summed E-state index contributed by atoms with van der Waals surface area (Å²) < 4.78 is 1.55. The number of rotatable bonds is 5. The second-order valence-electron chi connectivity index (χ2n) is 4.53. The fraction of sp³-hybridized carbons (Fsp3) is 0.0714. The Morgan fingerprint density at radius 3 is 2.83 bits per heavy atom. The third kappa shape index (κ3) is 3.49. The van der Waals surface area contributed by atoms with E-state index in [1.165, 1.54) is 17.8 Å². The molecule has 0 bridgehead atoms. The van der Waals surface area contributed by atoms with Crippen LogP contribution in [-0.2, 0) is 5.75 Å². The van der Waals surface area contributed by atoms with E-state index in [4.69, 9.17) is 11.6 Å². The molecule has 1 heterocycles. The Morgan fingerprint density at radius 2 is 2.04 bits per heavy atom. The highest BCUT2D eigenvalue weighted by atomic mass is 35.5. The molecule has 0 N–H and O–H groups in total. The van der Waals surface area contributed by atoms with E-state index in [0.717, 1.165) is 5.69 Å². The molecule has 1 aromatic heterocycles. The van der Waals surface area contributed by atoms with Gasteiger partial charge in [-0.05, 0) is 28.6 Å². The van der Waals surface area contributed by atoms with E-state index in [0.29, 0.717) is 21.5 Å². The standard InChI is InChI=1S/C14H10ClN5O2S/c15-11-5-3-6-12(8-11)19-14(16-17-18-19)23-9-10-4-1-2-7-13(10)20(21)22/h1-8H,9H2. The molecule has 0 atom stereocenters. The van der Waals surface area contributed by atoms with Crippen LogP contribution in [0.3, 0.4) is 0 Å². The summed E-state index contributed by atoms with van der Waals surface area (Å²) in [6.45, 7) is 0. The van der Waals surface area contributed by atoms with Crippen LogP contribution in [-0.4, -0.2) is 25.1 Å². The van der Waals surface area contributed by atoms with Crippen molar-refractivity contribution in [1.29, 1.82) is 0 Å². The van der Waals surface area contributed by atoms with E-state index in [-0.39, 0.29) is 5.69 Å². The molecule has 0 saturated carbocycles. The largest absolute Gasteiger partial charge is 0.273 e. The molecule has 7 nitrogen and oxygen atoms in total. The summed E-state index contributed by atoms with van der Waals surface area (Å²) in [6.07, 6.45) is 0. The topological polar surface area (TPSA) is 86.7 Å². The summed E-state index contributed by atoms with van der Waals surface area (Å²) >= 11 is 7.30. The van der Waals surface area contributed by atoms with Crippen LogP contribution in [0, 0.1) is 10.1 Å². The minimum atomic E-state index is -0.393. The van der Waals surface area contributed by atoms with Crippen LogP contribution in [0.1, 0.15) is 5.56 Å². The van der Waals surface area contributed by atoms with Gasteiger partial charge in [-0.25, -0.2) is 0 Å². The van der Waals surface area contributed by atoms with Crippen LogP contribution < -0.4 is 0 Å². The maximum atomic E-state index is 11.0. The molecule has 0 aliphatic heterocycles. The van der Waals surface area contributed by atoms with Crippen LogP contribution in [0.2, 0.25) is 5.02 Å². The first kappa shape index (κ1) is 15.4. The van der Waals surface area contributed by atoms with Crippen molar-refractivity contribution in [3.05, 3.63) is 69.2 Å². The molecule has 0 unspecified atom stereocenters. The van der Waals surface area contributed by atoms with Crippen molar-refractivity contribution in [1.82, 2.24) is 20.2 Å². The predicted octanol–water partition coefficient (Wildman–Crippen LogP) is 3.52. The molecule has 0 aliphatic carbocycles. The number of nitro groups is 1. The van der Waals surface area contributed by atoms with E-state index >= 15 is 0 Å². The number of nitro benzene ring substituents is 1. The van der Waals surface area contributed by atoms with E-state index in [2.05, 4.69) is 15.5 Å². The molecule has 0 spiro atoms. The lowest BCUT2D eigenvalue weighted by Gasteiger charge is -2.05. The SMILES string of the molecule is O=[N+]([O-])c1ccccc1CSc1nnnn1-c1cccc(Cl)c1. The second kappa shape index (κ2) is 6.76. The zero-order valence-corrected chi connectivity index (χ0v) is 13.2. The monoisotopic (exact) mass is 347 g/mol. The third-order valence-corrected chi connectivity index (χ3v) is 4.24. The number of benzene rings is 2. The lowest BCUT2D eigenvalue weighted by atomic mass is 10.2. The summed E-state index contributed by atoms with van der Waals surface area (Å²) in [5, 5.41) is 23.7. The molecular weight excluding hydrogens is 338 g/mol. The Hall–Kier alpha value is -2.45. The highest BCUT2D eigenvalue weighted by molar-refractivity contribution is 7.98. The summed E-state index contributed by atoms with van der Waals surface area (Å²) in [7, 11) is 0. The first-order valence-corrected chi connectivity index (χ1v) is 7.91. The predicted molar refractivity (Wildman–Crippen MR) is 86.8 cm³/mol.